The Hall–Kier alpha value is -4.00. The van der Waals surface area contributed by atoms with Gasteiger partial charge in [-0.15, -0.1) is 5.10 Å². The van der Waals surface area contributed by atoms with E-state index in [1.807, 2.05) is 61.5 Å². The molecular weight excluding hydrogens is 404 g/mol. The van der Waals surface area contributed by atoms with Crippen LogP contribution in [0.5, 0.6) is 5.75 Å². The summed E-state index contributed by atoms with van der Waals surface area (Å²) in [5.41, 5.74) is 2.28. The van der Waals surface area contributed by atoms with Gasteiger partial charge in [-0.25, -0.2) is 4.68 Å². The minimum absolute atomic E-state index is 0.150. The number of hydrogen-bond acceptors (Lipinski definition) is 5. The predicted octanol–water partition coefficient (Wildman–Crippen LogP) is 3.42. The van der Waals surface area contributed by atoms with Gasteiger partial charge in [0.1, 0.15) is 24.4 Å². The van der Waals surface area contributed by atoms with Crippen LogP contribution in [0.2, 0.25) is 0 Å². The first-order chi connectivity index (χ1) is 15.6. The van der Waals surface area contributed by atoms with Crippen LogP contribution in [0.15, 0.2) is 83.7 Å². The second-order valence-corrected chi connectivity index (χ2v) is 7.40. The van der Waals surface area contributed by atoms with Crippen molar-refractivity contribution >= 4 is 16.8 Å². The zero-order chi connectivity index (χ0) is 22.3. The molecule has 0 fully saturated rings. The average molecular weight is 428 g/mol. The molecule has 0 aliphatic rings. The SMILES string of the molecule is CCN(Cc1ccc(OCc2ccccc2)cc1)C(=O)Cn1nnc2ccccc2c1=O. The number of ether oxygens (including phenoxy) is 1. The largest absolute Gasteiger partial charge is 0.489 e. The molecule has 0 aliphatic heterocycles. The number of hydrogen-bond donors (Lipinski definition) is 0. The van der Waals surface area contributed by atoms with E-state index in [1.54, 1.807) is 29.2 Å². The Morgan fingerprint density at radius 1 is 0.938 bits per heavy atom. The van der Waals surface area contributed by atoms with Gasteiger partial charge in [-0.1, -0.05) is 59.8 Å². The second-order valence-electron chi connectivity index (χ2n) is 7.40. The zero-order valence-electron chi connectivity index (χ0n) is 17.8. The van der Waals surface area contributed by atoms with Crippen molar-refractivity contribution in [2.45, 2.75) is 26.6 Å². The lowest BCUT2D eigenvalue weighted by molar-refractivity contribution is -0.132. The molecule has 0 bridgehead atoms. The summed E-state index contributed by atoms with van der Waals surface area (Å²) in [6, 6.07) is 24.6. The van der Waals surface area contributed by atoms with Gasteiger partial charge >= 0.3 is 0 Å². The first kappa shape index (κ1) is 21.2. The lowest BCUT2D eigenvalue weighted by Crippen LogP contribution is -2.37. The first-order valence-corrected chi connectivity index (χ1v) is 10.5. The molecule has 0 N–H and O–H groups in total. The lowest BCUT2D eigenvalue weighted by atomic mass is 10.2. The van der Waals surface area contributed by atoms with Crippen molar-refractivity contribution in [3.63, 3.8) is 0 Å². The van der Waals surface area contributed by atoms with Gasteiger partial charge in [0.15, 0.2) is 0 Å². The van der Waals surface area contributed by atoms with E-state index in [2.05, 4.69) is 10.3 Å². The number of nitrogens with zero attached hydrogens (tertiary/aromatic N) is 4. The van der Waals surface area contributed by atoms with E-state index in [4.69, 9.17) is 4.74 Å². The molecule has 0 saturated carbocycles. The predicted molar refractivity (Wildman–Crippen MR) is 122 cm³/mol. The van der Waals surface area contributed by atoms with E-state index in [1.165, 1.54) is 0 Å². The van der Waals surface area contributed by atoms with E-state index >= 15 is 0 Å². The second kappa shape index (κ2) is 9.87. The number of carbonyl (C=O) groups excluding carboxylic acids is 1. The molecule has 0 unspecified atom stereocenters. The van der Waals surface area contributed by atoms with Crippen LogP contribution in [0.1, 0.15) is 18.1 Å². The summed E-state index contributed by atoms with van der Waals surface area (Å²) < 4.78 is 6.94. The molecule has 32 heavy (non-hydrogen) atoms. The highest BCUT2D eigenvalue weighted by Gasteiger charge is 2.15. The molecule has 7 heteroatoms. The molecule has 0 aliphatic carbocycles. The van der Waals surface area contributed by atoms with Crippen molar-refractivity contribution in [2.24, 2.45) is 0 Å². The molecule has 1 heterocycles. The Bertz CT molecular complexity index is 1250. The fraction of sp³-hybridized carbons (Fsp3) is 0.200. The molecule has 7 nitrogen and oxygen atoms in total. The zero-order valence-corrected chi connectivity index (χ0v) is 17.8. The fourth-order valence-electron chi connectivity index (χ4n) is 3.38. The number of carbonyl (C=O) groups is 1. The highest BCUT2D eigenvalue weighted by Crippen LogP contribution is 2.16. The molecule has 0 spiro atoms. The molecule has 1 aromatic heterocycles. The van der Waals surface area contributed by atoms with Gasteiger partial charge in [-0.05, 0) is 42.3 Å². The van der Waals surface area contributed by atoms with Crippen LogP contribution in [0, 0.1) is 0 Å². The van der Waals surface area contributed by atoms with Crippen LogP contribution in [0.25, 0.3) is 10.9 Å². The number of fused-ring (bicyclic) bond motifs is 1. The normalized spacial score (nSPS) is 10.8. The lowest BCUT2D eigenvalue weighted by Gasteiger charge is -2.21. The maximum absolute atomic E-state index is 12.8. The quantitative estimate of drug-likeness (QED) is 0.430. The summed E-state index contributed by atoms with van der Waals surface area (Å²) >= 11 is 0. The average Bonchev–Trinajstić information content (AvgIpc) is 2.84. The van der Waals surface area contributed by atoms with E-state index in [0.29, 0.717) is 30.6 Å². The Labute approximate surface area is 185 Å². The first-order valence-electron chi connectivity index (χ1n) is 10.5. The van der Waals surface area contributed by atoms with Gasteiger partial charge in [0, 0.05) is 13.1 Å². The number of benzene rings is 3. The summed E-state index contributed by atoms with van der Waals surface area (Å²) in [6.45, 7) is 3.21. The van der Waals surface area contributed by atoms with Crippen molar-refractivity contribution in [1.29, 1.82) is 0 Å². The van der Waals surface area contributed by atoms with Crippen molar-refractivity contribution in [2.75, 3.05) is 6.54 Å². The van der Waals surface area contributed by atoms with Crippen LogP contribution >= 0.6 is 0 Å². The summed E-state index contributed by atoms with van der Waals surface area (Å²) in [4.78, 5) is 27.1. The van der Waals surface area contributed by atoms with Gasteiger partial charge in [0.25, 0.3) is 5.56 Å². The fourth-order valence-corrected chi connectivity index (χ4v) is 3.38. The molecule has 162 valence electrons. The number of likely N-dealkylation sites (N-methyl/N-ethyl adjacent to an activating group) is 1. The Morgan fingerprint density at radius 2 is 1.66 bits per heavy atom. The smallest absolute Gasteiger partial charge is 0.278 e. The van der Waals surface area contributed by atoms with E-state index in [9.17, 15) is 9.59 Å². The molecule has 0 saturated heterocycles. The Balaban J connectivity index is 1.39. The maximum Gasteiger partial charge on any atom is 0.278 e. The monoisotopic (exact) mass is 428 g/mol. The third-order valence-electron chi connectivity index (χ3n) is 5.19. The topological polar surface area (TPSA) is 77.3 Å². The van der Waals surface area contributed by atoms with Crippen LogP contribution in [-0.2, 0) is 24.5 Å². The van der Waals surface area contributed by atoms with Crippen LogP contribution < -0.4 is 10.3 Å². The standard InChI is InChI=1S/C25H24N4O3/c1-2-28(24(30)17-29-25(31)22-10-6-7-11-23(22)26-27-29)16-19-12-14-21(15-13-19)32-18-20-8-4-3-5-9-20/h3-15H,2,16-18H2,1H3. The molecule has 0 atom stereocenters. The van der Waals surface area contributed by atoms with Crippen LogP contribution in [-0.4, -0.2) is 32.3 Å². The summed E-state index contributed by atoms with van der Waals surface area (Å²) in [5.74, 6) is 0.577. The van der Waals surface area contributed by atoms with E-state index < -0.39 is 0 Å². The maximum atomic E-state index is 12.8. The summed E-state index contributed by atoms with van der Waals surface area (Å²) in [7, 11) is 0. The molecular formula is C25H24N4O3. The minimum Gasteiger partial charge on any atom is -0.489 e. The van der Waals surface area contributed by atoms with Gasteiger partial charge in [-0.3, -0.25) is 9.59 Å². The van der Waals surface area contributed by atoms with Crippen molar-refractivity contribution < 1.29 is 9.53 Å². The molecule has 4 aromatic rings. The van der Waals surface area contributed by atoms with Gasteiger partial charge in [0.05, 0.1) is 5.39 Å². The van der Waals surface area contributed by atoms with Gasteiger partial charge in [0.2, 0.25) is 5.91 Å². The Kier molecular flexibility index (Phi) is 6.55. The Morgan fingerprint density at radius 3 is 2.41 bits per heavy atom. The van der Waals surface area contributed by atoms with Gasteiger partial charge < -0.3 is 9.64 Å². The highest BCUT2D eigenvalue weighted by molar-refractivity contribution is 5.78. The van der Waals surface area contributed by atoms with Crippen molar-refractivity contribution in [3.8, 4) is 5.75 Å². The minimum atomic E-state index is -0.320. The molecule has 0 radical (unpaired) electrons. The summed E-state index contributed by atoms with van der Waals surface area (Å²) in [5, 5.41) is 8.41. The van der Waals surface area contributed by atoms with Crippen LogP contribution in [0.3, 0.4) is 0 Å². The number of amides is 1. The third kappa shape index (κ3) is 5.00. The molecule has 1 amide bonds. The number of aromatic nitrogens is 3. The third-order valence-corrected chi connectivity index (χ3v) is 5.19. The number of rotatable bonds is 8. The van der Waals surface area contributed by atoms with Gasteiger partial charge in [-0.2, -0.15) is 0 Å². The van der Waals surface area contributed by atoms with E-state index in [0.717, 1.165) is 21.6 Å². The van der Waals surface area contributed by atoms with Crippen LogP contribution in [0.4, 0.5) is 0 Å². The summed E-state index contributed by atoms with van der Waals surface area (Å²) in [6.07, 6.45) is 0. The highest BCUT2D eigenvalue weighted by atomic mass is 16.5. The van der Waals surface area contributed by atoms with Crippen molar-refractivity contribution in [3.05, 3.63) is 100 Å². The van der Waals surface area contributed by atoms with E-state index in [-0.39, 0.29) is 18.0 Å². The van der Waals surface area contributed by atoms with Crippen molar-refractivity contribution in [1.82, 2.24) is 19.9 Å². The molecule has 4 rings (SSSR count). The molecule has 3 aromatic carbocycles.